The summed E-state index contributed by atoms with van der Waals surface area (Å²) in [4.78, 5) is 24.0. The van der Waals surface area contributed by atoms with Crippen molar-refractivity contribution in [3.8, 4) is 5.75 Å². The van der Waals surface area contributed by atoms with Crippen molar-refractivity contribution >= 4 is 23.2 Å². The molecule has 0 unspecified atom stereocenters. The second kappa shape index (κ2) is 6.55. The quantitative estimate of drug-likeness (QED) is 0.791. The van der Waals surface area contributed by atoms with Gasteiger partial charge >= 0.3 is 0 Å². The highest BCUT2D eigenvalue weighted by Crippen LogP contribution is 2.22. The Morgan fingerprint density at radius 2 is 1.76 bits per heavy atom. The number of carbonyl (C=O) groups is 2. The van der Waals surface area contributed by atoms with Gasteiger partial charge in [-0.05, 0) is 48.9 Å². The number of ether oxygens (including phenoxy) is 1. The summed E-state index contributed by atoms with van der Waals surface area (Å²) in [6.45, 7) is 1.50. The van der Waals surface area contributed by atoms with E-state index in [0.717, 1.165) is 0 Å². The van der Waals surface area contributed by atoms with Crippen molar-refractivity contribution < 1.29 is 14.3 Å². The SMILES string of the molecule is COc1ccc(CC(C)=O)c(C(=O)c2ccc(Cl)cc2)c1. The lowest BCUT2D eigenvalue weighted by Crippen LogP contribution is -2.08. The average Bonchev–Trinajstić information content (AvgIpc) is 2.47. The Balaban J connectivity index is 2.46. The maximum Gasteiger partial charge on any atom is 0.193 e. The third-order valence-electron chi connectivity index (χ3n) is 3.11. The van der Waals surface area contributed by atoms with Crippen LogP contribution < -0.4 is 4.74 Å². The number of Topliss-reactive ketones (excluding diaryl/α,β-unsaturated/α-hetero) is 1. The second-order valence-electron chi connectivity index (χ2n) is 4.74. The minimum atomic E-state index is -0.151. The highest BCUT2D eigenvalue weighted by molar-refractivity contribution is 6.30. The molecule has 2 aromatic rings. The van der Waals surface area contributed by atoms with Crippen LogP contribution in [0.5, 0.6) is 5.75 Å². The fourth-order valence-electron chi connectivity index (χ4n) is 2.07. The first-order valence-corrected chi connectivity index (χ1v) is 6.85. The lowest BCUT2D eigenvalue weighted by atomic mass is 9.95. The first kappa shape index (κ1) is 15.3. The lowest BCUT2D eigenvalue weighted by molar-refractivity contribution is -0.116. The molecule has 0 bridgehead atoms. The van der Waals surface area contributed by atoms with Crippen LogP contribution >= 0.6 is 11.6 Å². The molecule has 108 valence electrons. The van der Waals surface area contributed by atoms with Gasteiger partial charge < -0.3 is 4.74 Å². The van der Waals surface area contributed by atoms with Gasteiger partial charge in [0.2, 0.25) is 0 Å². The molecular formula is C17H15ClO3. The average molecular weight is 303 g/mol. The van der Waals surface area contributed by atoms with Crippen LogP contribution in [0.2, 0.25) is 5.02 Å². The Hall–Kier alpha value is -2.13. The molecule has 0 fully saturated rings. The van der Waals surface area contributed by atoms with Crippen LogP contribution in [0, 0.1) is 0 Å². The predicted molar refractivity (Wildman–Crippen MR) is 82.3 cm³/mol. The number of halogens is 1. The van der Waals surface area contributed by atoms with E-state index in [0.29, 0.717) is 27.5 Å². The number of benzene rings is 2. The number of hydrogen-bond donors (Lipinski definition) is 0. The van der Waals surface area contributed by atoms with Crippen molar-refractivity contribution in [2.24, 2.45) is 0 Å². The monoisotopic (exact) mass is 302 g/mol. The van der Waals surface area contributed by atoms with Crippen molar-refractivity contribution in [1.29, 1.82) is 0 Å². The second-order valence-corrected chi connectivity index (χ2v) is 5.17. The number of methoxy groups -OCH3 is 1. The molecule has 0 saturated heterocycles. The highest BCUT2D eigenvalue weighted by Gasteiger charge is 2.16. The van der Waals surface area contributed by atoms with Crippen LogP contribution in [0.25, 0.3) is 0 Å². The Labute approximate surface area is 128 Å². The van der Waals surface area contributed by atoms with Crippen molar-refractivity contribution in [3.05, 3.63) is 64.2 Å². The fourth-order valence-corrected chi connectivity index (χ4v) is 2.20. The van der Waals surface area contributed by atoms with Gasteiger partial charge in [-0.2, -0.15) is 0 Å². The Morgan fingerprint density at radius 3 is 2.33 bits per heavy atom. The zero-order valence-electron chi connectivity index (χ0n) is 11.9. The van der Waals surface area contributed by atoms with E-state index in [9.17, 15) is 9.59 Å². The summed E-state index contributed by atoms with van der Waals surface area (Å²) in [5.41, 5.74) is 1.70. The number of ketones is 2. The summed E-state index contributed by atoms with van der Waals surface area (Å²) in [5.74, 6) is 0.437. The van der Waals surface area contributed by atoms with Gasteiger partial charge in [0.15, 0.2) is 5.78 Å². The van der Waals surface area contributed by atoms with Gasteiger partial charge in [0.05, 0.1) is 7.11 Å². The molecule has 0 N–H and O–H groups in total. The third kappa shape index (κ3) is 3.70. The molecule has 3 nitrogen and oxygen atoms in total. The zero-order valence-corrected chi connectivity index (χ0v) is 12.6. The van der Waals surface area contributed by atoms with E-state index in [1.165, 1.54) is 14.0 Å². The number of rotatable bonds is 5. The van der Waals surface area contributed by atoms with Crippen LogP contribution in [0.1, 0.15) is 28.4 Å². The van der Waals surface area contributed by atoms with Crippen LogP contribution in [-0.4, -0.2) is 18.7 Å². The molecule has 0 aliphatic rings. The molecule has 0 spiro atoms. The van der Waals surface area contributed by atoms with E-state index in [1.54, 1.807) is 42.5 Å². The number of hydrogen-bond acceptors (Lipinski definition) is 3. The zero-order chi connectivity index (χ0) is 15.4. The first-order valence-electron chi connectivity index (χ1n) is 6.48. The maximum atomic E-state index is 12.6. The van der Waals surface area contributed by atoms with E-state index < -0.39 is 0 Å². The van der Waals surface area contributed by atoms with Gasteiger partial charge in [-0.1, -0.05) is 17.7 Å². The van der Waals surface area contributed by atoms with E-state index in [-0.39, 0.29) is 18.0 Å². The lowest BCUT2D eigenvalue weighted by Gasteiger charge is -2.10. The standard InChI is InChI=1S/C17H15ClO3/c1-11(19)9-13-5-8-15(21-2)10-16(13)17(20)12-3-6-14(18)7-4-12/h3-8,10H,9H2,1-2H3. The van der Waals surface area contributed by atoms with Gasteiger partial charge in [-0.3, -0.25) is 9.59 Å². The van der Waals surface area contributed by atoms with Crippen molar-refractivity contribution in [2.75, 3.05) is 7.11 Å². The summed E-state index contributed by atoms with van der Waals surface area (Å²) < 4.78 is 5.16. The molecule has 21 heavy (non-hydrogen) atoms. The van der Waals surface area contributed by atoms with Gasteiger partial charge in [0.1, 0.15) is 11.5 Å². The molecule has 2 rings (SSSR count). The summed E-state index contributed by atoms with van der Waals surface area (Å²) in [6.07, 6.45) is 0.221. The van der Waals surface area contributed by atoms with Crippen molar-refractivity contribution in [3.63, 3.8) is 0 Å². The minimum Gasteiger partial charge on any atom is -0.497 e. The van der Waals surface area contributed by atoms with E-state index in [4.69, 9.17) is 16.3 Å². The van der Waals surface area contributed by atoms with Crippen LogP contribution in [-0.2, 0) is 11.2 Å². The van der Waals surface area contributed by atoms with Gasteiger partial charge in [-0.25, -0.2) is 0 Å². The fraction of sp³-hybridized carbons (Fsp3) is 0.176. The van der Waals surface area contributed by atoms with Gasteiger partial charge in [0.25, 0.3) is 0 Å². The van der Waals surface area contributed by atoms with Gasteiger partial charge in [0, 0.05) is 22.6 Å². The smallest absolute Gasteiger partial charge is 0.193 e. The van der Waals surface area contributed by atoms with Crippen LogP contribution in [0.3, 0.4) is 0 Å². The molecular weight excluding hydrogens is 288 g/mol. The molecule has 0 atom stereocenters. The predicted octanol–water partition coefficient (Wildman–Crippen LogP) is 3.71. The van der Waals surface area contributed by atoms with Crippen molar-refractivity contribution in [1.82, 2.24) is 0 Å². The molecule has 0 aliphatic carbocycles. The third-order valence-corrected chi connectivity index (χ3v) is 3.36. The van der Waals surface area contributed by atoms with Crippen LogP contribution in [0.4, 0.5) is 0 Å². The molecule has 2 aromatic carbocycles. The van der Waals surface area contributed by atoms with E-state index in [1.807, 2.05) is 0 Å². The van der Waals surface area contributed by atoms with E-state index >= 15 is 0 Å². The summed E-state index contributed by atoms with van der Waals surface area (Å²) in [5, 5.41) is 0.571. The number of carbonyl (C=O) groups excluding carboxylic acids is 2. The van der Waals surface area contributed by atoms with Gasteiger partial charge in [-0.15, -0.1) is 0 Å². The van der Waals surface area contributed by atoms with Crippen LogP contribution in [0.15, 0.2) is 42.5 Å². The van der Waals surface area contributed by atoms with Crippen molar-refractivity contribution in [2.45, 2.75) is 13.3 Å². The normalized spacial score (nSPS) is 10.2. The molecule has 4 heteroatoms. The van der Waals surface area contributed by atoms with E-state index in [2.05, 4.69) is 0 Å². The molecule has 0 radical (unpaired) electrons. The summed E-state index contributed by atoms with van der Waals surface area (Å²) in [6, 6.07) is 11.8. The molecule has 0 aromatic heterocycles. The molecule has 0 amide bonds. The molecule has 0 heterocycles. The maximum absolute atomic E-state index is 12.6. The molecule has 0 aliphatic heterocycles. The largest absolute Gasteiger partial charge is 0.497 e. The Kier molecular flexibility index (Phi) is 4.76. The Bertz CT molecular complexity index is 675. The summed E-state index contributed by atoms with van der Waals surface area (Å²) in [7, 11) is 1.54. The first-order chi connectivity index (χ1) is 10.0. The Morgan fingerprint density at radius 1 is 1.10 bits per heavy atom. The molecule has 0 saturated carbocycles. The summed E-state index contributed by atoms with van der Waals surface area (Å²) >= 11 is 5.83. The highest BCUT2D eigenvalue weighted by atomic mass is 35.5. The topological polar surface area (TPSA) is 43.4 Å². The minimum absolute atomic E-state index is 0.00493.